The van der Waals surface area contributed by atoms with Gasteiger partial charge in [-0.15, -0.1) is 11.3 Å². The summed E-state index contributed by atoms with van der Waals surface area (Å²) in [6, 6.07) is 7.81. The predicted octanol–water partition coefficient (Wildman–Crippen LogP) is 4.23. The second kappa shape index (κ2) is 5.20. The number of nitrogens with zero attached hydrogens (tertiary/aromatic N) is 1. The molecular formula is C13H11BrFNOS. The number of carbonyl (C=O) groups excluding carboxylic acids is 1. The highest BCUT2D eigenvalue weighted by Crippen LogP contribution is 2.29. The Labute approximate surface area is 117 Å². The van der Waals surface area contributed by atoms with Gasteiger partial charge in [-0.1, -0.05) is 6.07 Å². The molecule has 1 aromatic heterocycles. The summed E-state index contributed by atoms with van der Waals surface area (Å²) in [5.74, 6) is -0.491. The van der Waals surface area contributed by atoms with E-state index in [2.05, 4.69) is 15.9 Å². The average Bonchev–Trinajstić information content (AvgIpc) is 2.68. The van der Waals surface area contributed by atoms with Crippen LogP contribution in [0.25, 0.3) is 0 Å². The summed E-state index contributed by atoms with van der Waals surface area (Å²) in [6.07, 6.45) is 0. The van der Waals surface area contributed by atoms with Crippen molar-refractivity contribution in [3.8, 4) is 0 Å². The van der Waals surface area contributed by atoms with Gasteiger partial charge in [0.2, 0.25) is 0 Å². The van der Waals surface area contributed by atoms with Crippen molar-refractivity contribution < 1.29 is 9.18 Å². The number of aryl methyl sites for hydroxylation is 1. The fourth-order valence-corrected chi connectivity index (χ4v) is 3.04. The van der Waals surface area contributed by atoms with E-state index in [1.807, 2.05) is 13.0 Å². The monoisotopic (exact) mass is 327 g/mol. The summed E-state index contributed by atoms with van der Waals surface area (Å²) in [4.78, 5) is 14.3. The third-order valence-corrected chi connectivity index (χ3v) is 4.69. The lowest BCUT2D eigenvalue weighted by Crippen LogP contribution is -2.25. The summed E-state index contributed by atoms with van der Waals surface area (Å²) in [5, 5.41) is 0. The molecule has 2 nitrogen and oxygen atoms in total. The van der Waals surface area contributed by atoms with Crippen LogP contribution in [0.1, 0.15) is 15.2 Å². The van der Waals surface area contributed by atoms with Gasteiger partial charge in [0, 0.05) is 12.7 Å². The van der Waals surface area contributed by atoms with Crippen LogP contribution in [0.15, 0.2) is 34.1 Å². The molecule has 0 aliphatic carbocycles. The van der Waals surface area contributed by atoms with Crippen molar-refractivity contribution in [2.24, 2.45) is 0 Å². The maximum absolute atomic E-state index is 13.1. The Balaban J connectivity index is 2.29. The van der Waals surface area contributed by atoms with Crippen molar-refractivity contribution in [1.82, 2.24) is 0 Å². The van der Waals surface area contributed by atoms with Gasteiger partial charge in [0.1, 0.15) is 5.82 Å². The number of benzene rings is 1. The van der Waals surface area contributed by atoms with E-state index in [9.17, 15) is 9.18 Å². The first kappa shape index (κ1) is 13.2. The van der Waals surface area contributed by atoms with Crippen LogP contribution in [0.2, 0.25) is 0 Å². The first-order valence-electron chi connectivity index (χ1n) is 5.28. The Kier molecular flexibility index (Phi) is 3.82. The zero-order valence-corrected chi connectivity index (χ0v) is 12.3. The highest BCUT2D eigenvalue weighted by Gasteiger charge is 2.17. The second-order valence-electron chi connectivity index (χ2n) is 3.91. The number of carbonyl (C=O) groups is 1. The van der Waals surface area contributed by atoms with Crippen LogP contribution in [-0.2, 0) is 0 Å². The molecule has 0 N–H and O–H groups in total. The third kappa shape index (κ3) is 2.62. The molecule has 94 valence electrons. The van der Waals surface area contributed by atoms with Crippen LogP contribution < -0.4 is 4.90 Å². The zero-order valence-electron chi connectivity index (χ0n) is 9.91. The number of amides is 1. The molecule has 0 spiro atoms. The molecule has 0 unspecified atom stereocenters. The lowest BCUT2D eigenvalue weighted by atomic mass is 10.2. The van der Waals surface area contributed by atoms with Crippen molar-refractivity contribution in [3.05, 3.63) is 50.4 Å². The largest absolute Gasteiger partial charge is 0.311 e. The average molecular weight is 328 g/mol. The molecule has 1 amide bonds. The van der Waals surface area contributed by atoms with E-state index in [4.69, 9.17) is 0 Å². The van der Waals surface area contributed by atoms with Crippen molar-refractivity contribution in [2.45, 2.75) is 6.92 Å². The molecule has 1 aromatic carbocycles. The SMILES string of the molecule is Cc1cc(C(=O)N(C)c2cccc(F)c2)sc1Br. The molecule has 0 bridgehead atoms. The molecule has 18 heavy (non-hydrogen) atoms. The van der Waals surface area contributed by atoms with E-state index in [1.165, 1.54) is 28.4 Å². The minimum atomic E-state index is -0.351. The summed E-state index contributed by atoms with van der Waals surface area (Å²) < 4.78 is 14.1. The number of halogens is 2. The van der Waals surface area contributed by atoms with E-state index in [0.29, 0.717) is 10.6 Å². The Morgan fingerprint density at radius 1 is 1.39 bits per heavy atom. The van der Waals surface area contributed by atoms with Gasteiger partial charge in [0.15, 0.2) is 0 Å². The molecule has 5 heteroatoms. The number of hydrogen-bond donors (Lipinski definition) is 0. The fraction of sp³-hybridized carbons (Fsp3) is 0.154. The summed E-state index contributed by atoms with van der Waals surface area (Å²) in [6.45, 7) is 1.93. The predicted molar refractivity (Wildman–Crippen MR) is 75.9 cm³/mol. The molecule has 0 saturated carbocycles. The molecule has 0 aliphatic heterocycles. The van der Waals surface area contributed by atoms with Crippen LogP contribution in [0, 0.1) is 12.7 Å². The topological polar surface area (TPSA) is 20.3 Å². The number of anilines is 1. The minimum Gasteiger partial charge on any atom is -0.311 e. The standard InChI is InChI=1S/C13H11BrFNOS/c1-8-6-11(18-12(8)14)13(17)16(2)10-5-3-4-9(15)7-10/h3-7H,1-2H3. The lowest BCUT2D eigenvalue weighted by Gasteiger charge is -2.16. The second-order valence-corrected chi connectivity index (χ2v) is 6.28. The fourth-order valence-electron chi connectivity index (χ4n) is 1.53. The normalized spacial score (nSPS) is 10.4. The molecule has 1 heterocycles. The van der Waals surface area contributed by atoms with Gasteiger partial charge >= 0.3 is 0 Å². The van der Waals surface area contributed by atoms with Gasteiger partial charge in [-0.3, -0.25) is 4.79 Å². The van der Waals surface area contributed by atoms with Gasteiger partial charge in [-0.2, -0.15) is 0 Å². The van der Waals surface area contributed by atoms with Gasteiger partial charge in [0.25, 0.3) is 5.91 Å². The maximum Gasteiger partial charge on any atom is 0.268 e. The van der Waals surface area contributed by atoms with Gasteiger partial charge < -0.3 is 4.90 Å². The zero-order chi connectivity index (χ0) is 13.3. The third-order valence-electron chi connectivity index (χ3n) is 2.57. The quantitative estimate of drug-likeness (QED) is 0.808. The van der Waals surface area contributed by atoms with Crippen molar-refractivity contribution in [2.75, 3.05) is 11.9 Å². The smallest absolute Gasteiger partial charge is 0.268 e. The maximum atomic E-state index is 13.1. The van der Waals surface area contributed by atoms with Crippen molar-refractivity contribution in [3.63, 3.8) is 0 Å². The Morgan fingerprint density at radius 2 is 2.11 bits per heavy atom. The minimum absolute atomic E-state index is 0.139. The van der Waals surface area contributed by atoms with E-state index >= 15 is 0 Å². The Morgan fingerprint density at radius 3 is 2.67 bits per heavy atom. The Hall–Kier alpha value is -1.20. The molecule has 0 atom stereocenters. The lowest BCUT2D eigenvalue weighted by molar-refractivity contribution is 0.0997. The molecule has 0 saturated heterocycles. The van der Waals surface area contributed by atoms with Crippen LogP contribution in [0.5, 0.6) is 0 Å². The van der Waals surface area contributed by atoms with E-state index in [1.54, 1.807) is 19.2 Å². The highest BCUT2D eigenvalue weighted by atomic mass is 79.9. The molecule has 0 radical (unpaired) electrons. The number of thiophene rings is 1. The van der Waals surface area contributed by atoms with E-state index in [-0.39, 0.29) is 11.7 Å². The summed E-state index contributed by atoms with van der Waals surface area (Å²) >= 11 is 4.77. The molecule has 2 rings (SSSR count). The van der Waals surface area contributed by atoms with E-state index < -0.39 is 0 Å². The number of rotatable bonds is 2. The van der Waals surface area contributed by atoms with Crippen LogP contribution in [-0.4, -0.2) is 13.0 Å². The molecule has 0 fully saturated rings. The van der Waals surface area contributed by atoms with Crippen molar-refractivity contribution in [1.29, 1.82) is 0 Å². The van der Waals surface area contributed by atoms with Crippen molar-refractivity contribution >= 4 is 38.9 Å². The van der Waals surface area contributed by atoms with Crippen LogP contribution in [0.4, 0.5) is 10.1 Å². The van der Waals surface area contributed by atoms with Gasteiger partial charge in [-0.05, 0) is 52.7 Å². The molecular weight excluding hydrogens is 317 g/mol. The van der Waals surface area contributed by atoms with E-state index in [0.717, 1.165) is 9.35 Å². The first-order valence-corrected chi connectivity index (χ1v) is 6.89. The van der Waals surface area contributed by atoms with Crippen LogP contribution in [0.3, 0.4) is 0 Å². The van der Waals surface area contributed by atoms with Gasteiger partial charge in [-0.25, -0.2) is 4.39 Å². The van der Waals surface area contributed by atoms with Gasteiger partial charge in [0.05, 0.1) is 8.66 Å². The van der Waals surface area contributed by atoms with Crippen LogP contribution >= 0.6 is 27.3 Å². The summed E-state index contributed by atoms with van der Waals surface area (Å²) in [7, 11) is 1.64. The number of hydrogen-bond acceptors (Lipinski definition) is 2. The first-order chi connectivity index (χ1) is 8.49. The Bertz CT molecular complexity index is 577. The molecule has 2 aromatic rings. The summed E-state index contributed by atoms with van der Waals surface area (Å²) in [5.41, 5.74) is 1.57. The molecule has 0 aliphatic rings. The highest BCUT2D eigenvalue weighted by molar-refractivity contribution is 9.11.